The molecular formula is C48H46Cl2Ti. The van der Waals surface area contributed by atoms with Crippen molar-refractivity contribution in [2.24, 2.45) is 0 Å². The van der Waals surface area contributed by atoms with Gasteiger partial charge in [0.1, 0.15) is 0 Å². The van der Waals surface area contributed by atoms with E-state index in [1.807, 2.05) is 0 Å². The van der Waals surface area contributed by atoms with Gasteiger partial charge < -0.3 is 24.8 Å². The third-order valence-corrected chi connectivity index (χ3v) is 20.4. The summed E-state index contributed by atoms with van der Waals surface area (Å²) >= 11 is -2.52. The number of halogens is 2. The first-order valence-corrected chi connectivity index (χ1v) is 22.9. The Labute approximate surface area is 320 Å². The van der Waals surface area contributed by atoms with Crippen LogP contribution in [0.5, 0.6) is 0 Å². The molecule has 256 valence electrons. The van der Waals surface area contributed by atoms with E-state index < -0.39 is 16.6 Å². The van der Waals surface area contributed by atoms with Crippen molar-refractivity contribution in [3.05, 3.63) is 155 Å². The van der Waals surface area contributed by atoms with Crippen molar-refractivity contribution in [3.63, 3.8) is 0 Å². The van der Waals surface area contributed by atoms with Crippen LogP contribution in [0.2, 0.25) is 9.45 Å². The van der Waals surface area contributed by atoms with Gasteiger partial charge in [-0.1, -0.05) is 0 Å². The molecule has 1 saturated heterocycles. The van der Waals surface area contributed by atoms with Crippen LogP contribution in [-0.2, 0) is 16.6 Å². The normalized spacial score (nSPS) is 17.4. The minimum Gasteiger partial charge on any atom is -1.00 e. The van der Waals surface area contributed by atoms with E-state index in [1.54, 1.807) is 22.3 Å². The Morgan fingerprint density at radius 1 is 0.471 bits per heavy atom. The molecule has 2 atom stereocenters. The summed E-state index contributed by atoms with van der Waals surface area (Å²) in [4.78, 5) is 0. The maximum atomic E-state index is 2.69. The third-order valence-electron chi connectivity index (χ3n) is 12.1. The molecule has 2 aliphatic carbocycles. The van der Waals surface area contributed by atoms with Gasteiger partial charge in [0.2, 0.25) is 0 Å². The zero-order valence-electron chi connectivity index (χ0n) is 29.8. The molecule has 0 radical (unpaired) electrons. The molecule has 0 N–H and O–H groups in total. The summed E-state index contributed by atoms with van der Waals surface area (Å²) in [5.74, 6) is 0. The predicted octanol–water partition coefficient (Wildman–Crippen LogP) is 8.30. The number of allylic oxidation sites excluding steroid dienone is 2. The summed E-state index contributed by atoms with van der Waals surface area (Å²) in [6, 6.07) is 46.2. The van der Waals surface area contributed by atoms with E-state index in [9.17, 15) is 0 Å². The average Bonchev–Trinajstić information content (AvgIpc) is 3.69. The Morgan fingerprint density at radius 3 is 1.29 bits per heavy atom. The second-order valence-corrected chi connectivity index (χ2v) is 22.1. The van der Waals surface area contributed by atoms with Crippen molar-refractivity contribution in [1.82, 2.24) is 0 Å². The molecule has 0 spiro atoms. The monoisotopic (exact) mass is 740 g/mol. The molecule has 0 nitrogen and oxygen atoms in total. The fourth-order valence-corrected chi connectivity index (χ4v) is 20.1. The van der Waals surface area contributed by atoms with E-state index in [2.05, 4.69) is 147 Å². The van der Waals surface area contributed by atoms with Crippen LogP contribution >= 0.6 is 0 Å². The number of hydrogen-bond donors (Lipinski definition) is 0. The van der Waals surface area contributed by atoms with Gasteiger partial charge in [-0.3, -0.25) is 0 Å². The Hall–Kier alpha value is -3.39. The summed E-state index contributed by atoms with van der Waals surface area (Å²) in [6.07, 6.45) is 12.9. The Balaban J connectivity index is 0.00000203. The summed E-state index contributed by atoms with van der Waals surface area (Å²) in [6.45, 7) is 4.72. The van der Waals surface area contributed by atoms with Gasteiger partial charge in [0.15, 0.2) is 0 Å². The second-order valence-electron chi connectivity index (χ2n) is 14.9. The standard InChI is InChI=1S/2C23H21.C2H4.2ClH.Ti/c2*1-2-3-8-17-15-19-11-7-14-22(23(19)16-17)21-13-6-10-18-9-4-5-12-20(18)21;1-2;;;/h2*4-7,9-16H,2-3,8H2,1H3;1-2H2;2*1H;/q;;;;;+2/p-2. The van der Waals surface area contributed by atoms with E-state index in [-0.39, 0.29) is 24.8 Å². The molecule has 51 heavy (non-hydrogen) atoms. The SMILES string of the molecule is CCCCC1=Cc2c(-c3cccc4ccccc34)cccc2[CH]1[Ti+2]1([CH]2C(CCCC)=Cc3c(-c4cccc5ccccc45)cccc32)[CH2][CH2]1.[Cl-].[Cl-]. The van der Waals surface area contributed by atoms with Crippen LogP contribution in [0.15, 0.2) is 132 Å². The van der Waals surface area contributed by atoms with Gasteiger partial charge >= 0.3 is 298 Å². The second kappa shape index (κ2) is 14.9. The van der Waals surface area contributed by atoms with Crippen LogP contribution in [0.25, 0.3) is 56.0 Å². The van der Waals surface area contributed by atoms with Crippen molar-refractivity contribution < 1.29 is 41.4 Å². The molecule has 2 unspecified atom stereocenters. The van der Waals surface area contributed by atoms with Crippen LogP contribution < -0.4 is 24.8 Å². The van der Waals surface area contributed by atoms with Gasteiger partial charge in [-0.15, -0.1) is 0 Å². The zero-order chi connectivity index (χ0) is 33.0. The van der Waals surface area contributed by atoms with E-state index in [4.69, 9.17) is 0 Å². The molecule has 0 saturated carbocycles. The summed E-state index contributed by atoms with van der Waals surface area (Å²) in [7, 11) is 0. The topological polar surface area (TPSA) is 0 Å². The van der Waals surface area contributed by atoms with Crippen molar-refractivity contribution in [2.75, 3.05) is 0 Å². The quantitative estimate of drug-likeness (QED) is 0.124. The van der Waals surface area contributed by atoms with Gasteiger partial charge in [0, 0.05) is 0 Å². The minimum absolute atomic E-state index is 0. The molecule has 0 amide bonds. The fourth-order valence-electron chi connectivity index (χ4n) is 9.76. The predicted molar refractivity (Wildman–Crippen MR) is 209 cm³/mol. The first-order chi connectivity index (χ1) is 24.2. The number of unbranched alkanes of at least 4 members (excludes halogenated alkanes) is 2. The van der Waals surface area contributed by atoms with Gasteiger partial charge in [0.05, 0.1) is 0 Å². The molecule has 3 aliphatic rings. The Kier molecular flexibility index (Phi) is 10.5. The summed E-state index contributed by atoms with van der Waals surface area (Å²) in [5, 5.41) is 5.38. The van der Waals surface area contributed by atoms with Crippen molar-refractivity contribution in [1.29, 1.82) is 0 Å². The van der Waals surface area contributed by atoms with Crippen molar-refractivity contribution in [2.45, 2.75) is 70.3 Å². The summed E-state index contributed by atoms with van der Waals surface area (Å²) < 4.78 is 4.27. The van der Waals surface area contributed by atoms with E-state index in [1.165, 1.54) is 103 Å². The Morgan fingerprint density at radius 2 is 0.863 bits per heavy atom. The zero-order valence-corrected chi connectivity index (χ0v) is 32.8. The fraction of sp³-hybridized carbons (Fsp3) is 0.250. The van der Waals surface area contributed by atoms with E-state index >= 15 is 0 Å². The van der Waals surface area contributed by atoms with Gasteiger partial charge in [-0.25, -0.2) is 0 Å². The molecule has 1 fully saturated rings. The van der Waals surface area contributed by atoms with Gasteiger partial charge in [0.25, 0.3) is 0 Å². The van der Waals surface area contributed by atoms with Gasteiger partial charge in [-0.2, -0.15) is 0 Å². The molecule has 1 heterocycles. The van der Waals surface area contributed by atoms with Crippen LogP contribution in [0.4, 0.5) is 0 Å². The molecule has 3 heteroatoms. The minimum atomic E-state index is -2.52. The number of benzene rings is 6. The molecule has 1 aliphatic heterocycles. The van der Waals surface area contributed by atoms with Gasteiger partial charge in [-0.05, 0) is 0 Å². The Bertz CT molecular complexity index is 2120. The average molecular weight is 742 g/mol. The maximum absolute atomic E-state index is 2.69. The van der Waals surface area contributed by atoms with Crippen LogP contribution in [0, 0.1) is 0 Å². The molecule has 9 rings (SSSR count). The molecule has 0 bridgehead atoms. The van der Waals surface area contributed by atoms with E-state index in [0.717, 1.165) is 0 Å². The van der Waals surface area contributed by atoms with Crippen LogP contribution in [0.1, 0.15) is 83.1 Å². The molecule has 6 aromatic carbocycles. The summed E-state index contributed by atoms with van der Waals surface area (Å²) in [5.41, 5.74) is 15.5. The maximum Gasteiger partial charge on any atom is -1.00 e. The van der Waals surface area contributed by atoms with E-state index in [0.29, 0.717) is 8.45 Å². The first-order valence-electron chi connectivity index (χ1n) is 18.8. The third kappa shape index (κ3) is 6.07. The molecular weight excluding hydrogens is 695 g/mol. The number of hydrogen-bond acceptors (Lipinski definition) is 0. The van der Waals surface area contributed by atoms with Crippen LogP contribution in [0.3, 0.4) is 0 Å². The van der Waals surface area contributed by atoms with Crippen molar-refractivity contribution in [3.8, 4) is 22.3 Å². The molecule has 0 aromatic heterocycles. The van der Waals surface area contributed by atoms with Crippen molar-refractivity contribution >= 4 is 33.7 Å². The molecule has 6 aromatic rings. The smallest absolute Gasteiger partial charge is 1.00 e. The first kappa shape index (κ1) is 36.0. The largest absolute Gasteiger partial charge is 1.00 e. The van der Waals surface area contributed by atoms with Crippen LogP contribution in [-0.4, -0.2) is 0 Å². The number of rotatable bonds is 10. The number of fused-ring (bicyclic) bond motifs is 4.